The summed E-state index contributed by atoms with van der Waals surface area (Å²) in [5.74, 6) is 0.592. The Morgan fingerprint density at radius 3 is 2.10 bits per heavy atom. The van der Waals surface area contributed by atoms with Crippen LogP contribution < -0.4 is 0 Å². The Bertz CT molecular complexity index is 1230. The minimum absolute atomic E-state index is 0.559. The summed E-state index contributed by atoms with van der Waals surface area (Å²) >= 11 is -3.32. The molecule has 0 bridgehead atoms. The van der Waals surface area contributed by atoms with E-state index in [1.54, 1.807) is 16.7 Å². The fourth-order valence-corrected chi connectivity index (χ4v) is 24.7. The van der Waals surface area contributed by atoms with Crippen LogP contribution in [0.1, 0.15) is 59.1 Å². The molecular weight excluding hydrogens is 456 g/mol. The predicted molar refractivity (Wildman–Crippen MR) is 133 cm³/mol. The average Bonchev–Trinajstić information content (AvgIpc) is 3.17. The van der Waals surface area contributed by atoms with Gasteiger partial charge in [-0.25, -0.2) is 0 Å². The molecule has 0 nitrogen and oxygen atoms in total. The molecule has 0 saturated heterocycles. The SMILES string of the molecule is CC1=C(C)C(C)[C]([Zr]([CH3])([CH3])(=[SiH2])[CH]2C=C(c3ccc(C)c(C)c3)c3ccccc32)=C1C. The van der Waals surface area contributed by atoms with Crippen molar-refractivity contribution in [2.75, 3.05) is 0 Å². The number of aryl methyl sites for hydroxylation is 2. The van der Waals surface area contributed by atoms with Crippen molar-refractivity contribution in [2.24, 2.45) is 5.92 Å². The van der Waals surface area contributed by atoms with Gasteiger partial charge in [-0.3, -0.25) is 0 Å². The Morgan fingerprint density at radius 1 is 0.833 bits per heavy atom. The summed E-state index contributed by atoms with van der Waals surface area (Å²) in [7, 11) is 0. The molecule has 0 spiro atoms. The van der Waals surface area contributed by atoms with E-state index in [-0.39, 0.29) is 0 Å². The Labute approximate surface area is 185 Å². The Morgan fingerprint density at radius 2 is 1.50 bits per heavy atom. The topological polar surface area (TPSA) is 0 Å². The van der Waals surface area contributed by atoms with Crippen LogP contribution in [0.3, 0.4) is 0 Å². The summed E-state index contributed by atoms with van der Waals surface area (Å²) in [6, 6.07) is 16.2. The molecule has 2 atom stereocenters. The van der Waals surface area contributed by atoms with Crippen LogP contribution in [0.25, 0.3) is 5.57 Å². The molecule has 4 rings (SSSR count). The van der Waals surface area contributed by atoms with E-state index < -0.39 is 17.4 Å². The Kier molecular flexibility index (Phi) is 5.23. The van der Waals surface area contributed by atoms with Crippen molar-refractivity contribution in [2.45, 2.75) is 54.4 Å². The molecule has 2 aliphatic carbocycles. The van der Waals surface area contributed by atoms with Crippen molar-refractivity contribution >= 4 is 12.5 Å². The van der Waals surface area contributed by atoms with Gasteiger partial charge in [0.05, 0.1) is 0 Å². The summed E-state index contributed by atoms with van der Waals surface area (Å²) in [5, 5.41) is 0. The second-order valence-electron chi connectivity index (χ2n) is 10.8. The first-order valence-corrected chi connectivity index (χ1v) is 24.8. The second-order valence-corrected chi connectivity index (χ2v) is 40.4. The van der Waals surface area contributed by atoms with E-state index in [2.05, 4.69) is 106 Å². The molecule has 0 aliphatic heterocycles. The summed E-state index contributed by atoms with van der Waals surface area (Å²) in [4.78, 5) is 0. The van der Waals surface area contributed by atoms with E-state index in [9.17, 15) is 0 Å². The van der Waals surface area contributed by atoms with Crippen LogP contribution in [0.5, 0.6) is 0 Å². The standard InChI is InChI=1S/C17H15.C9H13.2CH3.H2Si.Zr/c1-12-7-8-15(11-13(12)2)17-10-9-14-5-3-4-6-16(14)17;1-6-5-7(2)9(4)8(6)3;;;;/h3-11H,1-2H3;6H,1-4H3;2*1H3;1H2;. The van der Waals surface area contributed by atoms with E-state index in [1.807, 2.05) is 3.28 Å². The first-order chi connectivity index (χ1) is 13.9. The van der Waals surface area contributed by atoms with Gasteiger partial charge in [-0.2, -0.15) is 0 Å². The third-order valence-electron chi connectivity index (χ3n) is 8.26. The van der Waals surface area contributed by atoms with Gasteiger partial charge >= 0.3 is 187 Å². The summed E-state index contributed by atoms with van der Waals surface area (Å²) < 4.78 is 7.77. The summed E-state index contributed by atoms with van der Waals surface area (Å²) in [6.45, 7) is 16.4. The van der Waals surface area contributed by atoms with E-state index in [4.69, 9.17) is 0 Å². The van der Waals surface area contributed by atoms with E-state index in [0.29, 0.717) is 9.54 Å². The molecule has 2 aliphatic rings. The molecule has 0 fully saturated rings. The van der Waals surface area contributed by atoms with Crippen LogP contribution in [-0.4, -0.2) is 6.88 Å². The Balaban J connectivity index is 1.94. The van der Waals surface area contributed by atoms with Crippen molar-refractivity contribution in [1.29, 1.82) is 0 Å². The molecule has 0 amide bonds. The Hall–Kier alpha value is -1.24. The van der Waals surface area contributed by atoms with Gasteiger partial charge in [0.15, 0.2) is 0 Å². The molecular formula is C28H36SiZr. The van der Waals surface area contributed by atoms with Crippen molar-refractivity contribution in [3.8, 4) is 0 Å². The summed E-state index contributed by atoms with van der Waals surface area (Å²) in [6.07, 6.45) is 2.66. The van der Waals surface area contributed by atoms with Gasteiger partial charge < -0.3 is 0 Å². The fraction of sp³-hybridized carbons (Fsp3) is 0.357. The molecule has 2 unspecified atom stereocenters. The number of benzene rings is 2. The number of hydrogen-bond donors (Lipinski definition) is 0. The normalized spacial score (nSPS) is 22.0. The van der Waals surface area contributed by atoms with Gasteiger partial charge in [-0.15, -0.1) is 0 Å². The van der Waals surface area contributed by atoms with Gasteiger partial charge in [0.2, 0.25) is 0 Å². The quantitative estimate of drug-likeness (QED) is 0.393. The van der Waals surface area contributed by atoms with Crippen molar-refractivity contribution in [3.05, 3.63) is 96.4 Å². The third kappa shape index (κ3) is 3.18. The number of allylic oxidation sites excluding steroid dienone is 5. The molecule has 0 saturated carbocycles. The number of rotatable bonds is 3. The average molecular weight is 492 g/mol. The molecule has 2 aromatic carbocycles. The second kappa shape index (κ2) is 7.14. The zero-order chi connectivity index (χ0) is 22.0. The maximum absolute atomic E-state index is 3.32. The molecule has 0 aromatic heterocycles. The van der Waals surface area contributed by atoms with Crippen molar-refractivity contribution in [1.82, 2.24) is 0 Å². The number of hydrogen-bond acceptors (Lipinski definition) is 0. The van der Waals surface area contributed by atoms with Gasteiger partial charge in [-0.05, 0) is 0 Å². The van der Waals surface area contributed by atoms with Crippen LogP contribution >= 0.6 is 0 Å². The fourth-order valence-electron chi connectivity index (χ4n) is 6.14. The zero-order valence-electron chi connectivity index (χ0n) is 20.0. The van der Waals surface area contributed by atoms with Crippen LogP contribution in [0.4, 0.5) is 0 Å². The van der Waals surface area contributed by atoms with Gasteiger partial charge in [-0.1, -0.05) is 0 Å². The monoisotopic (exact) mass is 490 g/mol. The molecule has 30 heavy (non-hydrogen) atoms. The summed E-state index contributed by atoms with van der Waals surface area (Å²) in [5.41, 5.74) is 13.3. The zero-order valence-corrected chi connectivity index (χ0v) is 23.9. The van der Waals surface area contributed by atoms with E-state index in [0.717, 1.165) is 0 Å². The first kappa shape index (κ1) is 22.0. The molecule has 2 aromatic rings. The van der Waals surface area contributed by atoms with Crippen molar-refractivity contribution in [3.63, 3.8) is 0 Å². The van der Waals surface area contributed by atoms with Crippen LogP contribution in [0.15, 0.2) is 68.5 Å². The first-order valence-electron chi connectivity index (χ1n) is 11.3. The van der Waals surface area contributed by atoms with Crippen LogP contribution in [0.2, 0.25) is 9.26 Å². The molecule has 0 N–H and O–H groups in total. The van der Waals surface area contributed by atoms with Gasteiger partial charge in [0, 0.05) is 0 Å². The van der Waals surface area contributed by atoms with Crippen LogP contribution in [0, 0.1) is 19.8 Å². The molecule has 2 heteroatoms. The van der Waals surface area contributed by atoms with Gasteiger partial charge in [0.1, 0.15) is 0 Å². The number of fused-ring (bicyclic) bond motifs is 1. The van der Waals surface area contributed by atoms with E-state index in [1.165, 1.54) is 33.4 Å². The van der Waals surface area contributed by atoms with Crippen LogP contribution in [-0.2, 0) is 17.4 Å². The van der Waals surface area contributed by atoms with Crippen molar-refractivity contribution < 1.29 is 17.4 Å². The third-order valence-corrected chi connectivity index (χ3v) is 25.5. The maximum atomic E-state index is 2.70. The molecule has 0 heterocycles. The minimum atomic E-state index is -3.32. The van der Waals surface area contributed by atoms with E-state index >= 15 is 0 Å². The predicted octanol–water partition coefficient (Wildman–Crippen LogP) is 7.38. The molecule has 156 valence electrons. The molecule has 0 radical (unpaired) electrons. The van der Waals surface area contributed by atoms with Gasteiger partial charge in [0.25, 0.3) is 0 Å².